The molecule has 8 heteroatoms. The summed E-state index contributed by atoms with van der Waals surface area (Å²) in [6.07, 6.45) is 0.613. The molecule has 1 aromatic heterocycles. The first-order valence-corrected chi connectivity index (χ1v) is 9.00. The van der Waals surface area contributed by atoms with Crippen LogP contribution in [0.3, 0.4) is 0 Å². The SMILES string of the molecule is CN(C)CCN(Cc1ccc(C(=O)O)o1)C1CCS(=O)(=O)C1. The predicted octanol–water partition coefficient (Wildman–Crippen LogP) is 0.528. The van der Waals surface area contributed by atoms with Gasteiger partial charge in [0.05, 0.1) is 18.1 Å². The average molecular weight is 330 g/mol. The van der Waals surface area contributed by atoms with Crippen molar-refractivity contribution in [2.45, 2.75) is 19.0 Å². The number of hydrogen-bond acceptors (Lipinski definition) is 6. The molecule has 124 valence electrons. The summed E-state index contributed by atoms with van der Waals surface area (Å²) < 4.78 is 28.7. The van der Waals surface area contributed by atoms with E-state index in [4.69, 9.17) is 9.52 Å². The van der Waals surface area contributed by atoms with Crippen LogP contribution in [0, 0.1) is 0 Å². The summed E-state index contributed by atoms with van der Waals surface area (Å²) in [6.45, 7) is 1.92. The molecular formula is C14H22N2O5S. The molecule has 0 bridgehead atoms. The first-order chi connectivity index (χ1) is 10.3. The monoisotopic (exact) mass is 330 g/mol. The van der Waals surface area contributed by atoms with Crippen molar-refractivity contribution in [3.8, 4) is 0 Å². The summed E-state index contributed by atoms with van der Waals surface area (Å²) >= 11 is 0. The number of hydrogen-bond donors (Lipinski definition) is 1. The largest absolute Gasteiger partial charge is 0.475 e. The number of rotatable bonds is 7. The minimum Gasteiger partial charge on any atom is -0.475 e. The smallest absolute Gasteiger partial charge is 0.371 e. The Bertz CT molecular complexity index is 623. The lowest BCUT2D eigenvalue weighted by Crippen LogP contribution is -2.39. The molecule has 0 saturated carbocycles. The third-order valence-corrected chi connectivity index (χ3v) is 5.54. The Hall–Kier alpha value is -1.38. The molecule has 1 N–H and O–H groups in total. The minimum absolute atomic E-state index is 0.0386. The molecule has 22 heavy (non-hydrogen) atoms. The number of carbonyl (C=O) groups is 1. The summed E-state index contributed by atoms with van der Waals surface area (Å²) in [5, 5.41) is 8.90. The molecule has 2 heterocycles. The van der Waals surface area contributed by atoms with Gasteiger partial charge in [0.25, 0.3) is 0 Å². The zero-order valence-corrected chi connectivity index (χ0v) is 13.7. The second-order valence-electron chi connectivity index (χ2n) is 5.90. The normalized spacial score (nSPS) is 20.8. The first-order valence-electron chi connectivity index (χ1n) is 7.18. The van der Waals surface area contributed by atoms with Gasteiger partial charge in [-0.2, -0.15) is 0 Å². The Morgan fingerprint density at radius 3 is 2.59 bits per heavy atom. The van der Waals surface area contributed by atoms with Crippen molar-refractivity contribution < 1.29 is 22.7 Å². The van der Waals surface area contributed by atoms with Crippen LogP contribution < -0.4 is 0 Å². The van der Waals surface area contributed by atoms with E-state index in [-0.39, 0.29) is 23.3 Å². The molecule has 0 radical (unpaired) electrons. The van der Waals surface area contributed by atoms with Gasteiger partial charge in [0.1, 0.15) is 5.76 Å². The number of nitrogens with zero attached hydrogens (tertiary/aromatic N) is 2. The number of aromatic carboxylic acids is 1. The number of likely N-dealkylation sites (N-methyl/N-ethyl adjacent to an activating group) is 1. The molecule has 0 aliphatic carbocycles. The second-order valence-corrected chi connectivity index (χ2v) is 8.13. The quantitative estimate of drug-likeness (QED) is 0.779. The van der Waals surface area contributed by atoms with Crippen LogP contribution in [0.5, 0.6) is 0 Å². The standard InChI is InChI=1S/C14H22N2O5S/c1-15(2)6-7-16(11-5-8-22(19,20)10-11)9-12-3-4-13(21-12)14(17)18/h3-4,11H,5-10H2,1-2H3,(H,17,18). The van der Waals surface area contributed by atoms with Crippen molar-refractivity contribution in [1.29, 1.82) is 0 Å². The summed E-state index contributed by atoms with van der Waals surface area (Å²) in [5.41, 5.74) is 0. The van der Waals surface area contributed by atoms with Crippen LogP contribution in [0.4, 0.5) is 0 Å². The maximum atomic E-state index is 11.7. The van der Waals surface area contributed by atoms with Gasteiger partial charge in [0.2, 0.25) is 5.76 Å². The van der Waals surface area contributed by atoms with E-state index < -0.39 is 15.8 Å². The molecule has 2 rings (SSSR count). The lowest BCUT2D eigenvalue weighted by Gasteiger charge is -2.28. The molecule has 0 aromatic carbocycles. The van der Waals surface area contributed by atoms with Gasteiger partial charge in [-0.25, -0.2) is 13.2 Å². The molecule has 1 saturated heterocycles. The van der Waals surface area contributed by atoms with Crippen molar-refractivity contribution >= 4 is 15.8 Å². The highest BCUT2D eigenvalue weighted by atomic mass is 32.2. The Kier molecular flexibility index (Phi) is 5.25. The van der Waals surface area contributed by atoms with Gasteiger partial charge >= 0.3 is 5.97 Å². The Morgan fingerprint density at radius 1 is 1.36 bits per heavy atom. The van der Waals surface area contributed by atoms with Crippen molar-refractivity contribution in [3.05, 3.63) is 23.7 Å². The second kappa shape index (κ2) is 6.80. The third-order valence-electron chi connectivity index (χ3n) is 3.79. The summed E-state index contributed by atoms with van der Waals surface area (Å²) in [4.78, 5) is 15.0. The number of sulfone groups is 1. The van der Waals surface area contributed by atoms with Crippen LogP contribution in [0.15, 0.2) is 16.5 Å². The minimum atomic E-state index is -2.96. The Balaban J connectivity index is 2.08. The maximum Gasteiger partial charge on any atom is 0.371 e. The lowest BCUT2D eigenvalue weighted by molar-refractivity contribution is 0.0657. The van der Waals surface area contributed by atoms with E-state index in [0.29, 0.717) is 25.3 Å². The van der Waals surface area contributed by atoms with E-state index in [1.54, 1.807) is 6.07 Å². The fourth-order valence-corrected chi connectivity index (χ4v) is 4.32. The maximum absolute atomic E-state index is 11.7. The van der Waals surface area contributed by atoms with Gasteiger partial charge in [0.15, 0.2) is 9.84 Å². The van der Waals surface area contributed by atoms with Crippen molar-refractivity contribution in [2.24, 2.45) is 0 Å². The summed E-state index contributed by atoms with van der Waals surface area (Å²) in [6, 6.07) is 3.02. The molecule has 7 nitrogen and oxygen atoms in total. The zero-order chi connectivity index (χ0) is 16.3. The molecule has 1 unspecified atom stereocenters. The van der Waals surface area contributed by atoms with Gasteiger partial charge in [-0.05, 0) is 32.6 Å². The van der Waals surface area contributed by atoms with E-state index in [2.05, 4.69) is 4.90 Å². The predicted molar refractivity (Wildman–Crippen MR) is 81.7 cm³/mol. The molecular weight excluding hydrogens is 308 g/mol. The van der Waals surface area contributed by atoms with Gasteiger partial charge < -0.3 is 14.4 Å². The van der Waals surface area contributed by atoms with Crippen LogP contribution >= 0.6 is 0 Å². The Labute approximate surface area is 130 Å². The van der Waals surface area contributed by atoms with Gasteiger partial charge in [0, 0.05) is 19.1 Å². The van der Waals surface area contributed by atoms with E-state index in [1.807, 2.05) is 19.0 Å². The lowest BCUT2D eigenvalue weighted by atomic mass is 10.2. The van der Waals surface area contributed by atoms with E-state index in [0.717, 1.165) is 6.54 Å². The van der Waals surface area contributed by atoms with Crippen molar-refractivity contribution in [3.63, 3.8) is 0 Å². The van der Waals surface area contributed by atoms with Gasteiger partial charge in [-0.15, -0.1) is 0 Å². The molecule has 1 fully saturated rings. The summed E-state index contributed by atoms with van der Waals surface area (Å²) in [7, 11) is 0.955. The van der Waals surface area contributed by atoms with Crippen molar-refractivity contribution in [1.82, 2.24) is 9.80 Å². The fraction of sp³-hybridized carbons (Fsp3) is 0.643. The summed E-state index contributed by atoms with van der Waals surface area (Å²) in [5.74, 6) is -0.279. The molecule has 1 aliphatic heterocycles. The highest BCUT2D eigenvalue weighted by Crippen LogP contribution is 2.20. The topological polar surface area (TPSA) is 91.1 Å². The van der Waals surface area contributed by atoms with E-state index >= 15 is 0 Å². The Morgan fingerprint density at radius 2 is 2.09 bits per heavy atom. The van der Waals surface area contributed by atoms with Crippen molar-refractivity contribution in [2.75, 3.05) is 38.7 Å². The van der Waals surface area contributed by atoms with Crippen LogP contribution in [0.2, 0.25) is 0 Å². The molecule has 1 aliphatic rings. The zero-order valence-electron chi connectivity index (χ0n) is 12.9. The molecule has 0 spiro atoms. The molecule has 0 amide bonds. The number of furan rings is 1. The molecule has 1 atom stereocenters. The van der Waals surface area contributed by atoms with Crippen LogP contribution in [0.25, 0.3) is 0 Å². The van der Waals surface area contributed by atoms with Gasteiger partial charge in [-0.3, -0.25) is 4.90 Å². The fourth-order valence-electron chi connectivity index (χ4n) is 2.56. The van der Waals surface area contributed by atoms with Crippen LogP contribution in [-0.2, 0) is 16.4 Å². The molecule has 1 aromatic rings. The van der Waals surface area contributed by atoms with Crippen LogP contribution in [0.1, 0.15) is 22.7 Å². The average Bonchev–Trinajstić information content (AvgIpc) is 3.00. The highest BCUT2D eigenvalue weighted by molar-refractivity contribution is 7.91. The van der Waals surface area contributed by atoms with Crippen LogP contribution in [-0.4, -0.2) is 74.0 Å². The number of carboxylic acid groups (broad SMARTS) is 1. The highest BCUT2D eigenvalue weighted by Gasteiger charge is 2.32. The van der Waals surface area contributed by atoms with E-state index in [1.165, 1.54) is 6.07 Å². The first kappa shape index (κ1) is 17.0. The van der Waals surface area contributed by atoms with E-state index in [9.17, 15) is 13.2 Å². The third kappa shape index (κ3) is 4.56. The number of carboxylic acids is 1. The van der Waals surface area contributed by atoms with Gasteiger partial charge in [-0.1, -0.05) is 0 Å².